The molecular formula is C7H13N5O3S. The van der Waals surface area contributed by atoms with E-state index in [9.17, 15) is 8.42 Å². The Balaban J connectivity index is 2.24. The van der Waals surface area contributed by atoms with Crippen molar-refractivity contribution in [2.75, 3.05) is 0 Å². The number of guanidine groups is 1. The van der Waals surface area contributed by atoms with E-state index in [1.807, 2.05) is 0 Å². The molecule has 9 heteroatoms. The number of amidine groups is 1. The first-order chi connectivity index (χ1) is 7.38. The highest BCUT2D eigenvalue weighted by Gasteiger charge is 2.33. The average Bonchev–Trinajstić information content (AvgIpc) is 2.93. The van der Waals surface area contributed by atoms with Crippen LogP contribution in [0.5, 0.6) is 0 Å². The summed E-state index contributed by atoms with van der Waals surface area (Å²) < 4.78 is 31.0. The average molecular weight is 247 g/mol. The number of nitrogens with one attached hydrogen (secondary N) is 1. The van der Waals surface area contributed by atoms with Gasteiger partial charge in [-0.15, -0.1) is 0 Å². The van der Waals surface area contributed by atoms with E-state index >= 15 is 0 Å². The Bertz CT molecular complexity index is 453. The molecular weight excluding hydrogens is 234 g/mol. The van der Waals surface area contributed by atoms with Crippen LogP contribution >= 0.6 is 0 Å². The maximum atomic E-state index is 11.0. The summed E-state index contributed by atoms with van der Waals surface area (Å²) in [6.07, 6.45) is 2.02. The Labute approximate surface area is 93.0 Å². The number of aliphatic imine (C=N–C) groups is 2. The molecule has 16 heavy (non-hydrogen) atoms. The molecule has 1 fully saturated rings. The van der Waals surface area contributed by atoms with Gasteiger partial charge in [0.1, 0.15) is 5.84 Å². The highest BCUT2D eigenvalue weighted by Crippen LogP contribution is 2.20. The summed E-state index contributed by atoms with van der Waals surface area (Å²) in [7, 11) is -4.36. The molecule has 90 valence electrons. The van der Waals surface area contributed by atoms with Crippen LogP contribution in [0.4, 0.5) is 0 Å². The van der Waals surface area contributed by atoms with E-state index in [-0.39, 0.29) is 11.8 Å². The van der Waals surface area contributed by atoms with Gasteiger partial charge in [0.15, 0.2) is 0 Å². The van der Waals surface area contributed by atoms with Crippen molar-refractivity contribution in [1.29, 1.82) is 0 Å². The van der Waals surface area contributed by atoms with Crippen molar-refractivity contribution >= 4 is 21.9 Å². The molecule has 1 heterocycles. The summed E-state index contributed by atoms with van der Waals surface area (Å²) in [5.74, 6) is 5.92. The molecule has 0 aromatic carbocycles. The van der Waals surface area contributed by atoms with Gasteiger partial charge in [0, 0.05) is 6.04 Å². The molecule has 0 spiro atoms. The molecule has 4 N–H and O–H groups in total. The summed E-state index contributed by atoms with van der Waals surface area (Å²) in [5, 5.41) is 3.76. The first kappa shape index (κ1) is 11.3. The molecule has 2 aliphatic rings. The van der Waals surface area contributed by atoms with E-state index in [1.54, 1.807) is 6.92 Å². The van der Waals surface area contributed by atoms with Crippen LogP contribution in [0.15, 0.2) is 9.98 Å². The van der Waals surface area contributed by atoms with Gasteiger partial charge >= 0.3 is 10.1 Å². The lowest BCUT2D eigenvalue weighted by molar-refractivity contribution is 0.358. The Kier molecular flexibility index (Phi) is 2.60. The molecule has 0 aromatic heterocycles. The SMILES string of the molecule is CC1=NC(NC2CC2)=NC(S(=O)(=O)O)N1N. The van der Waals surface area contributed by atoms with Crippen molar-refractivity contribution in [2.45, 2.75) is 31.3 Å². The fraction of sp³-hybridized carbons (Fsp3) is 0.714. The maximum absolute atomic E-state index is 11.0. The zero-order valence-corrected chi connectivity index (χ0v) is 9.48. The molecule has 0 saturated heterocycles. The second kappa shape index (κ2) is 3.68. The van der Waals surface area contributed by atoms with Gasteiger partial charge in [0.25, 0.3) is 5.50 Å². The smallest absolute Gasteiger partial charge is 0.309 e. The van der Waals surface area contributed by atoms with Gasteiger partial charge in [-0.05, 0) is 19.8 Å². The molecule has 1 unspecified atom stereocenters. The maximum Gasteiger partial charge on any atom is 0.309 e. The number of hydrogen-bond donors (Lipinski definition) is 3. The number of hydrazine groups is 1. The molecule has 0 bridgehead atoms. The van der Waals surface area contributed by atoms with E-state index in [0.29, 0.717) is 6.04 Å². The second-order valence-corrected chi connectivity index (χ2v) is 5.23. The van der Waals surface area contributed by atoms with Crippen LogP contribution in [0.2, 0.25) is 0 Å². The van der Waals surface area contributed by atoms with Gasteiger partial charge < -0.3 is 5.32 Å². The van der Waals surface area contributed by atoms with E-state index in [0.717, 1.165) is 17.9 Å². The van der Waals surface area contributed by atoms with E-state index < -0.39 is 15.6 Å². The summed E-state index contributed by atoms with van der Waals surface area (Å²) in [5.41, 5.74) is -1.52. The van der Waals surface area contributed by atoms with Crippen LogP contribution in [-0.2, 0) is 10.1 Å². The largest absolute Gasteiger partial charge is 0.352 e. The van der Waals surface area contributed by atoms with Gasteiger partial charge in [-0.3, -0.25) is 9.56 Å². The standard InChI is InChI=1S/C7H13N5O3S/c1-4-9-6(10-5-2-3-5)11-7(12(4)8)16(13,14)15/h5,7H,2-3,8H2,1H3,(H,10,11)(H,13,14,15). The molecule has 0 amide bonds. The van der Waals surface area contributed by atoms with Crippen LogP contribution in [0, 0.1) is 0 Å². The number of nitrogens with zero attached hydrogens (tertiary/aromatic N) is 3. The van der Waals surface area contributed by atoms with Crippen molar-refractivity contribution in [2.24, 2.45) is 15.8 Å². The van der Waals surface area contributed by atoms with Gasteiger partial charge in [0.2, 0.25) is 5.96 Å². The molecule has 2 rings (SSSR count). The molecule has 0 aromatic rings. The first-order valence-electron chi connectivity index (χ1n) is 4.78. The lowest BCUT2D eigenvalue weighted by Crippen LogP contribution is -2.51. The fourth-order valence-electron chi connectivity index (χ4n) is 1.26. The predicted molar refractivity (Wildman–Crippen MR) is 58.1 cm³/mol. The van der Waals surface area contributed by atoms with Gasteiger partial charge in [-0.1, -0.05) is 0 Å². The van der Waals surface area contributed by atoms with E-state index in [2.05, 4.69) is 15.3 Å². The van der Waals surface area contributed by atoms with E-state index in [1.165, 1.54) is 0 Å². The minimum atomic E-state index is -4.36. The van der Waals surface area contributed by atoms with E-state index in [4.69, 9.17) is 10.4 Å². The minimum Gasteiger partial charge on any atom is -0.352 e. The van der Waals surface area contributed by atoms with Crippen LogP contribution in [0.1, 0.15) is 19.8 Å². The Morgan fingerprint density at radius 2 is 2.19 bits per heavy atom. The van der Waals surface area contributed by atoms with Crippen LogP contribution in [0.25, 0.3) is 0 Å². The van der Waals surface area contributed by atoms with Crippen molar-refractivity contribution < 1.29 is 13.0 Å². The Morgan fingerprint density at radius 3 is 2.69 bits per heavy atom. The Hall–Kier alpha value is -1.19. The van der Waals surface area contributed by atoms with Crippen molar-refractivity contribution in [3.63, 3.8) is 0 Å². The summed E-state index contributed by atoms with van der Waals surface area (Å²) in [6.45, 7) is 1.54. The van der Waals surface area contributed by atoms with Crippen molar-refractivity contribution in [1.82, 2.24) is 10.3 Å². The normalized spacial score (nSPS) is 26.2. The van der Waals surface area contributed by atoms with Gasteiger partial charge in [-0.25, -0.2) is 10.8 Å². The summed E-state index contributed by atoms with van der Waals surface area (Å²) >= 11 is 0. The minimum absolute atomic E-state index is 0.198. The molecule has 1 saturated carbocycles. The Morgan fingerprint density at radius 1 is 1.56 bits per heavy atom. The van der Waals surface area contributed by atoms with Crippen LogP contribution in [-0.4, -0.2) is 41.3 Å². The molecule has 1 aliphatic carbocycles. The summed E-state index contributed by atoms with van der Waals surface area (Å²) in [4.78, 5) is 7.73. The molecule has 0 radical (unpaired) electrons. The summed E-state index contributed by atoms with van der Waals surface area (Å²) in [6, 6.07) is 0.293. The monoisotopic (exact) mass is 247 g/mol. The van der Waals surface area contributed by atoms with Crippen LogP contribution < -0.4 is 11.2 Å². The zero-order chi connectivity index (χ0) is 11.9. The molecule has 8 nitrogen and oxygen atoms in total. The van der Waals surface area contributed by atoms with Gasteiger partial charge in [-0.2, -0.15) is 13.4 Å². The molecule has 1 atom stereocenters. The number of rotatable bonds is 2. The third-order valence-electron chi connectivity index (χ3n) is 2.29. The predicted octanol–water partition coefficient (Wildman–Crippen LogP) is -1.13. The number of nitrogens with two attached hydrogens (primary N) is 1. The highest BCUT2D eigenvalue weighted by molar-refractivity contribution is 7.86. The molecule has 1 aliphatic heterocycles. The van der Waals surface area contributed by atoms with Crippen molar-refractivity contribution in [3.8, 4) is 0 Å². The third-order valence-corrected chi connectivity index (χ3v) is 3.15. The highest BCUT2D eigenvalue weighted by atomic mass is 32.2. The lowest BCUT2D eigenvalue weighted by atomic mass is 10.6. The van der Waals surface area contributed by atoms with Crippen molar-refractivity contribution in [3.05, 3.63) is 0 Å². The zero-order valence-electron chi connectivity index (χ0n) is 8.66. The first-order valence-corrected chi connectivity index (χ1v) is 6.28. The topological polar surface area (TPSA) is 120 Å². The quantitative estimate of drug-likeness (QED) is 0.419. The fourth-order valence-corrected chi connectivity index (χ4v) is 1.93. The third kappa shape index (κ3) is 2.31. The number of hydrogen-bond acceptors (Lipinski definition) is 7. The van der Waals surface area contributed by atoms with Gasteiger partial charge in [0.05, 0.1) is 0 Å². The van der Waals surface area contributed by atoms with Crippen LogP contribution in [0.3, 0.4) is 0 Å². The second-order valence-electron chi connectivity index (χ2n) is 3.78. The lowest BCUT2D eigenvalue weighted by Gasteiger charge is -2.27.